The van der Waals surface area contributed by atoms with Gasteiger partial charge in [-0.1, -0.05) is 35.3 Å². The minimum absolute atomic E-state index is 0.0246. The van der Waals surface area contributed by atoms with E-state index >= 15 is 0 Å². The Morgan fingerprint density at radius 1 is 1.04 bits per heavy atom. The number of amides is 2. The van der Waals surface area contributed by atoms with E-state index in [1.54, 1.807) is 43.3 Å². The smallest absolute Gasteiger partial charge is 0.261 e. The van der Waals surface area contributed by atoms with Gasteiger partial charge in [0.2, 0.25) is 5.91 Å². The fourth-order valence-corrected chi connectivity index (χ4v) is 2.92. The molecule has 0 spiro atoms. The lowest BCUT2D eigenvalue weighted by molar-refractivity contribution is -0.142. The highest BCUT2D eigenvalue weighted by Gasteiger charge is 2.26. The van der Waals surface area contributed by atoms with Gasteiger partial charge in [-0.25, -0.2) is 0 Å². The summed E-state index contributed by atoms with van der Waals surface area (Å²) in [4.78, 5) is 26.8. The molecule has 0 heterocycles. The maximum atomic E-state index is 12.9. The van der Waals surface area contributed by atoms with Gasteiger partial charge in [0.15, 0.2) is 6.61 Å². The molecule has 0 aliphatic carbocycles. The van der Waals surface area contributed by atoms with E-state index < -0.39 is 6.04 Å². The molecule has 0 radical (unpaired) electrons. The topological polar surface area (TPSA) is 58.6 Å². The van der Waals surface area contributed by atoms with Crippen LogP contribution in [-0.2, 0) is 16.1 Å². The van der Waals surface area contributed by atoms with Crippen LogP contribution in [0.3, 0.4) is 0 Å². The van der Waals surface area contributed by atoms with Crippen LogP contribution in [0.1, 0.15) is 26.3 Å². The molecule has 150 valence electrons. The minimum Gasteiger partial charge on any atom is -0.484 e. The Balaban J connectivity index is 2.14. The number of nitrogens with zero attached hydrogens (tertiary/aromatic N) is 1. The Labute approximate surface area is 175 Å². The van der Waals surface area contributed by atoms with E-state index in [1.807, 2.05) is 26.0 Å². The standard InChI is InChI=1S/C21H24Cl2N2O3/c1-14(2)24-21(27)15(3)25(12-16-5-4-6-18(23)11-16)20(26)13-28-19-9-7-17(22)8-10-19/h4-11,14-15H,12-13H2,1-3H3,(H,24,27)/t15-/m0/s1. The molecule has 0 aliphatic heterocycles. The second kappa shape index (κ2) is 10.3. The SMILES string of the molecule is CC(C)NC(=O)[C@H](C)N(Cc1cccc(Cl)c1)C(=O)COc1ccc(Cl)cc1. The molecule has 0 saturated carbocycles. The van der Waals surface area contributed by atoms with Gasteiger partial charge in [0.05, 0.1) is 0 Å². The lowest BCUT2D eigenvalue weighted by Gasteiger charge is -2.29. The number of carbonyl (C=O) groups excluding carboxylic acids is 2. The van der Waals surface area contributed by atoms with Crippen molar-refractivity contribution in [1.29, 1.82) is 0 Å². The summed E-state index contributed by atoms with van der Waals surface area (Å²) in [5.41, 5.74) is 0.830. The average molecular weight is 423 g/mol. The average Bonchev–Trinajstić information content (AvgIpc) is 2.64. The second-order valence-corrected chi connectivity index (χ2v) is 7.61. The maximum absolute atomic E-state index is 12.9. The van der Waals surface area contributed by atoms with Gasteiger partial charge in [0.1, 0.15) is 11.8 Å². The van der Waals surface area contributed by atoms with Gasteiger partial charge in [0.25, 0.3) is 5.91 Å². The number of hydrogen-bond donors (Lipinski definition) is 1. The summed E-state index contributed by atoms with van der Waals surface area (Å²) in [6.07, 6.45) is 0. The molecule has 0 aromatic heterocycles. The molecule has 2 aromatic rings. The first kappa shape index (κ1) is 22.1. The molecule has 1 atom stereocenters. The molecule has 0 bridgehead atoms. The zero-order valence-corrected chi connectivity index (χ0v) is 17.6. The van der Waals surface area contributed by atoms with Gasteiger partial charge >= 0.3 is 0 Å². The lowest BCUT2D eigenvalue weighted by Crippen LogP contribution is -2.50. The third-order valence-corrected chi connectivity index (χ3v) is 4.50. The van der Waals surface area contributed by atoms with E-state index in [-0.39, 0.29) is 31.0 Å². The highest BCUT2D eigenvalue weighted by molar-refractivity contribution is 6.30. The molecule has 2 rings (SSSR count). The number of carbonyl (C=O) groups is 2. The molecule has 2 amide bonds. The van der Waals surface area contributed by atoms with E-state index in [4.69, 9.17) is 27.9 Å². The van der Waals surface area contributed by atoms with Gasteiger partial charge in [-0.15, -0.1) is 0 Å². The Hall–Kier alpha value is -2.24. The zero-order valence-electron chi connectivity index (χ0n) is 16.1. The Bertz CT molecular complexity index is 810. The zero-order chi connectivity index (χ0) is 20.7. The molecular weight excluding hydrogens is 399 g/mol. The molecule has 0 saturated heterocycles. The molecule has 5 nitrogen and oxygen atoms in total. The van der Waals surface area contributed by atoms with E-state index in [0.29, 0.717) is 15.8 Å². The monoisotopic (exact) mass is 422 g/mol. The van der Waals surface area contributed by atoms with E-state index in [2.05, 4.69) is 5.32 Å². The fourth-order valence-electron chi connectivity index (χ4n) is 2.58. The highest BCUT2D eigenvalue weighted by atomic mass is 35.5. The molecule has 7 heteroatoms. The van der Waals surface area contributed by atoms with Crippen LogP contribution in [0.5, 0.6) is 5.75 Å². The van der Waals surface area contributed by atoms with Gasteiger partial charge in [-0.05, 0) is 62.7 Å². The van der Waals surface area contributed by atoms with E-state index in [1.165, 1.54) is 4.90 Å². The summed E-state index contributed by atoms with van der Waals surface area (Å²) in [7, 11) is 0. The van der Waals surface area contributed by atoms with Gasteiger partial charge in [-0.3, -0.25) is 9.59 Å². The maximum Gasteiger partial charge on any atom is 0.261 e. The number of halogens is 2. The van der Waals surface area contributed by atoms with Crippen LogP contribution in [-0.4, -0.2) is 35.4 Å². The Kier molecular flexibility index (Phi) is 8.15. The van der Waals surface area contributed by atoms with Crippen LogP contribution in [0.25, 0.3) is 0 Å². The molecule has 1 N–H and O–H groups in total. The molecule has 28 heavy (non-hydrogen) atoms. The molecular formula is C21H24Cl2N2O3. The number of ether oxygens (including phenoxy) is 1. The molecule has 2 aromatic carbocycles. The third-order valence-electron chi connectivity index (χ3n) is 4.02. The molecule has 0 fully saturated rings. The Morgan fingerprint density at radius 2 is 1.71 bits per heavy atom. The summed E-state index contributed by atoms with van der Waals surface area (Å²) in [5, 5.41) is 4.00. The normalized spacial score (nSPS) is 11.8. The highest BCUT2D eigenvalue weighted by Crippen LogP contribution is 2.17. The predicted octanol–water partition coefficient (Wildman–Crippen LogP) is 4.31. The van der Waals surface area contributed by atoms with Crippen molar-refractivity contribution < 1.29 is 14.3 Å². The van der Waals surface area contributed by atoms with Crippen molar-refractivity contribution in [2.24, 2.45) is 0 Å². The second-order valence-electron chi connectivity index (χ2n) is 6.73. The molecule has 0 aliphatic rings. The van der Waals surface area contributed by atoms with Crippen molar-refractivity contribution in [3.8, 4) is 5.75 Å². The Morgan fingerprint density at radius 3 is 2.32 bits per heavy atom. The summed E-state index contributed by atoms with van der Waals surface area (Å²) in [6, 6.07) is 13.3. The first-order chi connectivity index (χ1) is 13.3. The van der Waals surface area contributed by atoms with Crippen LogP contribution in [0.2, 0.25) is 10.0 Å². The van der Waals surface area contributed by atoms with Crippen LogP contribution in [0, 0.1) is 0 Å². The third kappa shape index (κ3) is 6.73. The number of rotatable bonds is 8. The molecule has 0 unspecified atom stereocenters. The first-order valence-electron chi connectivity index (χ1n) is 8.99. The summed E-state index contributed by atoms with van der Waals surface area (Å²) in [6.45, 7) is 5.49. The predicted molar refractivity (Wildman–Crippen MR) is 112 cm³/mol. The van der Waals surface area contributed by atoms with Crippen LogP contribution in [0.15, 0.2) is 48.5 Å². The van der Waals surface area contributed by atoms with E-state index in [9.17, 15) is 9.59 Å². The summed E-state index contributed by atoms with van der Waals surface area (Å²) >= 11 is 11.9. The van der Waals surface area contributed by atoms with Crippen LogP contribution < -0.4 is 10.1 Å². The van der Waals surface area contributed by atoms with Crippen LogP contribution in [0.4, 0.5) is 0 Å². The van der Waals surface area contributed by atoms with Crippen molar-refractivity contribution in [3.63, 3.8) is 0 Å². The number of benzene rings is 2. The fraction of sp³-hybridized carbons (Fsp3) is 0.333. The quantitative estimate of drug-likeness (QED) is 0.688. The van der Waals surface area contributed by atoms with Crippen molar-refractivity contribution in [3.05, 3.63) is 64.1 Å². The van der Waals surface area contributed by atoms with Gasteiger partial charge in [0, 0.05) is 22.6 Å². The van der Waals surface area contributed by atoms with E-state index in [0.717, 1.165) is 5.56 Å². The van der Waals surface area contributed by atoms with Crippen LogP contribution >= 0.6 is 23.2 Å². The summed E-state index contributed by atoms with van der Waals surface area (Å²) in [5.74, 6) is -0.00190. The number of nitrogens with one attached hydrogen (secondary N) is 1. The van der Waals surface area contributed by atoms with Gasteiger partial charge in [-0.2, -0.15) is 0 Å². The summed E-state index contributed by atoms with van der Waals surface area (Å²) < 4.78 is 5.57. The number of hydrogen-bond acceptors (Lipinski definition) is 3. The van der Waals surface area contributed by atoms with Crippen molar-refractivity contribution >= 4 is 35.0 Å². The lowest BCUT2D eigenvalue weighted by atomic mass is 10.1. The first-order valence-corrected chi connectivity index (χ1v) is 9.74. The van der Waals surface area contributed by atoms with Crippen molar-refractivity contribution in [1.82, 2.24) is 10.2 Å². The van der Waals surface area contributed by atoms with Crippen molar-refractivity contribution in [2.45, 2.75) is 39.4 Å². The van der Waals surface area contributed by atoms with Crippen molar-refractivity contribution in [2.75, 3.05) is 6.61 Å². The van der Waals surface area contributed by atoms with Gasteiger partial charge < -0.3 is 15.0 Å². The largest absolute Gasteiger partial charge is 0.484 e. The minimum atomic E-state index is -0.664.